The van der Waals surface area contributed by atoms with Crippen LogP contribution in [0.5, 0.6) is 0 Å². The Hall–Kier alpha value is -3.12. The van der Waals surface area contributed by atoms with Gasteiger partial charge in [0.1, 0.15) is 5.69 Å². The number of hydrogen-bond donors (Lipinski definition) is 2. The average Bonchev–Trinajstić information content (AvgIpc) is 3.29. The quantitative estimate of drug-likeness (QED) is 0.662. The lowest BCUT2D eigenvalue weighted by molar-refractivity contribution is -0.131. The van der Waals surface area contributed by atoms with Crippen molar-refractivity contribution in [3.8, 4) is 0 Å². The van der Waals surface area contributed by atoms with Crippen LogP contribution in [0.1, 0.15) is 41.7 Å². The summed E-state index contributed by atoms with van der Waals surface area (Å²) in [7, 11) is 0. The van der Waals surface area contributed by atoms with Crippen LogP contribution in [0.15, 0.2) is 60.7 Å². The first-order chi connectivity index (χ1) is 15.7. The summed E-state index contributed by atoms with van der Waals surface area (Å²) >= 11 is 0. The average molecular weight is 432 g/mol. The topological polar surface area (TPSA) is 74.4 Å². The number of nitrogens with one attached hydrogen (secondary N) is 2. The lowest BCUT2D eigenvalue weighted by atomic mass is 9.73. The highest BCUT2D eigenvalue weighted by Crippen LogP contribution is 2.35. The fourth-order valence-corrected chi connectivity index (χ4v) is 5.03. The first-order valence-corrected chi connectivity index (χ1v) is 11.5. The molecule has 0 aliphatic carbocycles. The van der Waals surface area contributed by atoms with E-state index in [0.717, 1.165) is 29.3 Å². The molecular weight excluding hydrogens is 402 g/mol. The van der Waals surface area contributed by atoms with Crippen LogP contribution in [-0.2, 0) is 14.9 Å². The molecule has 0 radical (unpaired) electrons. The maximum absolute atomic E-state index is 13.5. The molecule has 166 valence electrons. The van der Waals surface area contributed by atoms with Crippen molar-refractivity contribution in [3.63, 3.8) is 0 Å². The number of hydrogen-bond acceptors (Lipinski definition) is 3. The molecule has 0 saturated carbocycles. The van der Waals surface area contributed by atoms with Gasteiger partial charge in [-0.05, 0) is 43.4 Å². The van der Waals surface area contributed by atoms with E-state index in [-0.39, 0.29) is 17.9 Å². The number of nitrogens with zero attached hydrogens (tertiary/aromatic N) is 1. The number of carbonyl (C=O) groups excluding carboxylic acids is 2. The van der Waals surface area contributed by atoms with Gasteiger partial charge in [-0.25, -0.2) is 0 Å². The molecule has 3 aromatic rings. The van der Waals surface area contributed by atoms with E-state index in [1.165, 1.54) is 0 Å². The van der Waals surface area contributed by atoms with E-state index in [0.29, 0.717) is 44.8 Å². The Kier molecular flexibility index (Phi) is 5.70. The van der Waals surface area contributed by atoms with Crippen LogP contribution in [0.4, 0.5) is 0 Å². The SMILES string of the molecule is O=C(c1cc2ccccc2[nH]1)N1CCC(NC(=O)C2(c3ccccc3)CCOCC2)CC1. The number of H-pyrrole nitrogens is 1. The molecule has 5 rings (SSSR count). The molecule has 6 nitrogen and oxygen atoms in total. The summed E-state index contributed by atoms with van der Waals surface area (Å²) in [5.74, 6) is 0.114. The Morgan fingerprint density at radius 2 is 1.66 bits per heavy atom. The normalized spacial score (nSPS) is 19.1. The number of aromatic nitrogens is 1. The van der Waals surface area contributed by atoms with Gasteiger partial charge in [0.15, 0.2) is 0 Å². The lowest BCUT2D eigenvalue weighted by Crippen LogP contribution is -2.53. The Balaban J connectivity index is 1.23. The summed E-state index contributed by atoms with van der Waals surface area (Å²) in [6, 6.07) is 20.0. The number of carbonyl (C=O) groups is 2. The van der Waals surface area contributed by atoms with E-state index < -0.39 is 5.41 Å². The standard InChI is InChI=1S/C26H29N3O3/c30-24(23-18-19-6-4-5-9-22(19)28-23)29-14-10-21(11-15-29)27-25(31)26(12-16-32-17-13-26)20-7-2-1-3-8-20/h1-9,18,21,28H,10-17H2,(H,27,31). The van der Waals surface area contributed by atoms with Crippen LogP contribution in [0.25, 0.3) is 10.9 Å². The number of piperidine rings is 1. The van der Waals surface area contributed by atoms with Crippen LogP contribution in [0.2, 0.25) is 0 Å². The van der Waals surface area contributed by atoms with Gasteiger partial charge in [-0.15, -0.1) is 0 Å². The molecule has 1 aromatic heterocycles. The van der Waals surface area contributed by atoms with Gasteiger partial charge in [-0.2, -0.15) is 0 Å². The maximum Gasteiger partial charge on any atom is 0.270 e. The molecule has 32 heavy (non-hydrogen) atoms. The van der Waals surface area contributed by atoms with Gasteiger partial charge in [-0.3, -0.25) is 9.59 Å². The molecule has 3 heterocycles. The third-order valence-corrected chi connectivity index (χ3v) is 6.99. The summed E-state index contributed by atoms with van der Waals surface area (Å²) < 4.78 is 5.56. The monoisotopic (exact) mass is 431 g/mol. The van der Waals surface area contributed by atoms with Crippen LogP contribution >= 0.6 is 0 Å². The smallest absolute Gasteiger partial charge is 0.270 e. The van der Waals surface area contributed by atoms with Crippen molar-refractivity contribution in [2.24, 2.45) is 0 Å². The van der Waals surface area contributed by atoms with Gasteiger partial charge < -0.3 is 19.9 Å². The summed E-state index contributed by atoms with van der Waals surface area (Å²) in [5.41, 5.74) is 2.13. The molecular formula is C26H29N3O3. The van der Waals surface area contributed by atoms with E-state index in [9.17, 15) is 9.59 Å². The van der Waals surface area contributed by atoms with E-state index in [1.807, 2.05) is 65.6 Å². The van der Waals surface area contributed by atoms with Crippen molar-refractivity contribution in [2.75, 3.05) is 26.3 Å². The van der Waals surface area contributed by atoms with Gasteiger partial charge in [0.2, 0.25) is 5.91 Å². The zero-order valence-electron chi connectivity index (χ0n) is 18.2. The number of benzene rings is 2. The third-order valence-electron chi connectivity index (χ3n) is 6.99. The molecule has 2 aromatic carbocycles. The molecule has 2 aliphatic rings. The minimum atomic E-state index is -0.531. The Labute approximate surface area is 187 Å². The summed E-state index contributed by atoms with van der Waals surface area (Å²) in [6.07, 6.45) is 2.92. The van der Waals surface area contributed by atoms with Crippen LogP contribution in [-0.4, -0.2) is 54.0 Å². The predicted molar refractivity (Wildman–Crippen MR) is 124 cm³/mol. The Morgan fingerprint density at radius 3 is 2.38 bits per heavy atom. The van der Waals surface area contributed by atoms with Gasteiger partial charge in [0.25, 0.3) is 5.91 Å². The highest BCUT2D eigenvalue weighted by atomic mass is 16.5. The number of para-hydroxylation sites is 1. The maximum atomic E-state index is 13.5. The zero-order chi connectivity index (χ0) is 22.0. The molecule has 2 fully saturated rings. The lowest BCUT2D eigenvalue weighted by Gasteiger charge is -2.39. The Morgan fingerprint density at radius 1 is 0.969 bits per heavy atom. The van der Waals surface area contributed by atoms with Crippen molar-refractivity contribution in [3.05, 3.63) is 71.9 Å². The van der Waals surface area contributed by atoms with E-state index in [4.69, 9.17) is 4.74 Å². The van der Waals surface area contributed by atoms with Crippen molar-refractivity contribution in [1.29, 1.82) is 0 Å². The van der Waals surface area contributed by atoms with Gasteiger partial charge >= 0.3 is 0 Å². The molecule has 2 amide bonds. The minimum Gasteiger partial charge on any atom is -0.381 e. The van der Waals surface area contributed by atoms with Gasteiger partial charge in [-0.1, -0.05) is 48.5 Å². The summed E-state index contributed by atoms with van der Waals surface area (Å²) in [6.45, 7) is 2.47. The largest absolute Gasteiger partial charge is 0.381 e. The predicted octanol–water partition coefficient (Wildman–Crippen LogP) is 3.64. The molecule has 0 bridgehead atoms. The number of fused-ring (bicyclic) bond motifs is 1. The second-order valence-corrected chi connectivity index (χ2v) is 8.87. The fourth-order valence-electron chi connectivity index (χ4n) is 5.03. The van der Waals surface area contributed by atoms with Gasteiger partial charge in [0.05, 0.1) is 5.41 Å². The van der Waals surface area contributed by atoms with E-state index in [1.54, 1.807) is 0 Å². The van der Waals surface area contributed by atoms with Crippen molar-refractivity contribution in [2.45, 2.75) is 37.1 Å². The first-order valence-electron chi connectivity index (χ1n) is 11.5. The molecule has 2 aliphatic heterocycles. The second kappa shape index (κ2) is 8.79. The van der Waals surface area contributed by atoms with Crippen LogP contribution < -0.4 is 5.32 Å². The molecule has 0 unspecified atom stereocenters. The Bertz CT molecular complexity index is 1060. The second-order valence-electron chi connectivity index (χ2n) is 8.87. The first kappa shape index (κ1) is 20.8. The number of aromatic amines is 1. The molecule has 2 N–H and O–H groups in total. The highest BCUT2D eigenvalue weighted by Gasteiger charge is 2.42. The van der Waals surface area contributed by atoms with Gasteiger partial charge in [0, 0.05) is 43.2 Å². The van der Waals surface area contributed by atoms with E-state index in [2.05, 4.69) is 10.3 Å². The number of ether oxygens (including phenoxy) is 1. The summed E-state index contributed by atoms with van der Waals surface area (Å²) in [4.78, 5) is 31.6. The number of amides is 2. The summed E-state index contributed by atoms with van der Waals surface area (Å²) in [5, 5.41) is 4.35. The fraction of sp³-hybridized carbons (Fsp3) is 0.385. The molecule has 6 heteroatoms. The van der Waals surface area contributed by atoms with Crippen molar-refractivity contribution < 1.29 is 14.3 Å². The third kappa shape index (κ3) is 3.91. The highest BCUT2D eigenvalue weighted by molar-refractivity contribution is 5.98. The number of likely N-dealkylation sites (tertiary alicyclic amines) is 1. The van der Waals surface area contributed by atoms with Crippen molar-refractivity contribution >= 4 is 22.7 Å². The number of rotatable bonds is 4. The minimum absolute atomic E-state index is 0.0242. The molecule has 2 saturated heterocycles. The molecule has 0 atom stereocenters. The van der Waals surface area contributed by atoms with Crippen LogP contribution in [0.3, 0.4) is 0 Å². The van der Waals surface area contributed by atoms with Crippen LogP contribution in [0, 0.1) is 0 Å². The van der Waals surface area contributed by atoms with Crippen molar-refractivity contribution in [1.82, 2.24) is 15.2 Å². The van der Waals surface area contributed by atoms with E-state index >= 15 is 0 Å². The zero-order valence-corrected chi connectivity index (χ0v) is 18.2. The molecule has 0 spiro atoms.